The van der Waals surface area contributed by atoms with Crippen molar-refractivity contribution in [3.8, 4) is 5.75 Å². The van der Waals surface area contributed by atoms with Crippen LogP contribution in [0.2, 0.25) is 0 Å². The summed E-state index contributed by atoms with van der Waals surface area (Å²) in [6.07, 6.45) is 2.50. The molecule has 17 heavy (non-hydrogen) atoms. The molecule has 4 heteroatoms. The van der Waals surface area contributed by atoms with Crippen molar-refractivity contribution < 1.29 is 4.74 Å². The standard InChI is InChI=1S/C13H18N2OS/c1-3-15(9-4-5-9)12-8-10(16-2)6-7-11(12)13(14)17/h6-9H,3-5H2,1-2H3,(H2,14,17). The molecule has 92 valence electrons. The Morgan fingerprint density at radius 1 is 1.53 bits per heavy atom. The molecule has 1 aliphatic rings. The fraction of sp³-hybridized carbons (Fsp3) is 0.462. The van der Waals surface area contributed by atoms with Gasteiger partial charge < -0.3 is 15.4 Å². The fourth-order valence-corrected chi connectivity index (χ4v) is 2.27. The minimum Gasteiger partial charge on any atom is -0.497 e. The first kappa shape index (κ1) is 12.2. The first-order chi connectivity index (χ1) is 8.17. The van der Waals surface area contributed by atoms with E-state index in [0.29, 0.717) is 11.0 Å². The van der Waals surface area contributed by atoms with Gasteiger partial charge in [-0.15, -0.1) is 0 Å². The van der Waals surface area contributed by atoms with Crippen molar-refractivity contribution in [3.63, 3.8) is 0 Å². The average molecular weight is 250 g/mol. The van der Waals surface area contributed by atoms with Gasteiger partial charge in [0, 0.05) is 24.2 Å². The van der Waals surface area contributed by atoms with E-state index in [4.69, 9.17) is 22.7 Å². The number of ether oxygens (including phenoxy) is 1. The van der Waals surface area contributed by atoms with Crippen molar-refractivity contribution in [2.45, 2.75) is 25.8 Å². The van der Waals surface area contributed by atoms with Crippen molar-refractivity contribution >= 4 is 22.9 Å². The Morgan fingerprint density at radius 2 is 2.24 bits per heavy atom. The van der Waals surface area contributed by atoms with Crippen molar-refractivity contribution in [2.75, 3.05) is 18.6 Å². The number of hydrogen-bond donors (Lipinski definition) is 1. The molecule has 0 bridgehead atoms. The van der Waals surface area contributed by atoms with Gasteiger partial charge in [-0.05, 0) is 31.9 Å². The van der Waals surface area contributed by atoms with Crippen molar-refractivity contribution in [1.82, 2.24) is 0 Å². The highest BCUT2D eigenvalue weighted by Crippen LogP contribution is 2.35. The monoisotopic (exact) mass is 250 g/mol. The molecule has 2 N–H and O–H groups in total. The van der Waals surface area contributed by atoms with E-state index >= 15 is 0 Å². The summed E-state index contributed by atoms with van der Waals surface area (Å²) in [6.45, 7) is 3.12. The molecule has 1 aromatic carbocycles. The largest absolute Gasteiger partial charge is 0.497 e. The number of thiocarbonyl (C=S) groups is 1. The Morgan fingerprint density at radius 3 is 2.71 bits per heavy atom. The van der Waals surface area contributed by atoms with Gasteiger partial charge in [0.25, 0.3) is 0 Å². The molecule has 0 amide bonds. The fourth-order valence-electron chi connectivity index (χ4n) is 2.10. The van der Waals surface area contributed by atoms with E-state index in [1.807, 2.05) is 18.2 Å². The van der Waals surface area contributed by atoms with E-state index in [2.05, 4.69) is 11.8 Å². The zero-order valence-electron chi connectivity index (χ0n) is 10.3. The summed E-state index contributed by atoms with van der Waals surface area (Å²) >= 11 is 5.11. The highest BCUT2D eigenvalue weighted by Gasteiger charge is 2.29. The van der Waals surface area contributed by atoms with Crippen LogP contribution in [0, 0.1) is 0 Å². The average Bonchev–Trinajstić information content (AvgIpc) is 3.14. The minimum absolute atomic E-state index is 0.446. The van der Waals surface area contributed by atoms with E-state index in [1.165, 1.54) is 12.8 Å². The summed E-state index contributed by atoms with van der Waals surface area (Å²) < 4.78 is 5.27. The van der Waals surface area contributed by atoms with E-state index in [0.717, 1.165) is 23.5 Å². The number of benzene rings is 1. The number of anilines is 1. The summed E-state index contributed by atoms with van der Waals surface area (Å²) in [5.74, 6) is 0.846. The van der Waals surface area contributed by atoms with Crippen LogP contribution in [-0.2, 0) is 0 Å². The zero-order valence-corrected chi connectivity index (χ0v) is 11.1. The SMILES string of the molecule is CCN(c1cc(OC)ccc1C(N)=S)C1CC1. The van der Waals surface area contributed by atoms with Gasteiger partial charge >= 0.3 is 0 Å². The summed E-state index contributed by atoms with van der Waals surface area (Å²) in [5.41, 5.74) is 7.82. The number of nitrogens with two attached hydrogens (primary N) is 1. The van der Waals surface area contributed by atoms with E-state index in [-0.39, 0.29) is 0 Å². The molecule has 0 aliphatic heterocycles. The molecule has 3 nitrogen and oxygen atoms in total. The number of hydrogen-bond acceptors (Lipinski definition) is 3. The van der Waals surface area contributed by atoms with Gasteiger partial charge in [-0.2, -0.15) is 0 Å². The third-order valence-corrected chi connectivity index (χ3v) is 3.33. The lowest BCUT2D eigenvalue weighted by Gasteiger charge is -2.25. The van der Waals surface area contributed by atoms with Gasteiger partial charge in [0.05, 0.1) is 12.8 Å². The third kappa shape index (κ3) is 2.52. The van der Waals surface area contributed by atoms with Gasteiger partial charge in [-0.3, -0.25) is 0 Å². The zero-order chi connectivity index (χ0) is 12.4. The van der Waals surface area contributed by atoms with E-state index < -0.39 is 0 Å². The molecular formula is C13H18N2OS. The predicted octanol–water partition coefficient (Wildman–Crippen LogP) is 2.32. The molecule has 0 radical (unpaired) electrons. The van der Waals surface area contributed by atoms with E-state index in [9.17, 15) is 0 Å². The topological polar surface area (TPSA) is 38.5 Å². The van der Waals surface area contributed by atoms with Crippen LogP contribution in [0.3, 0.4) is 0 Å². The maximum Gasteiger partial charge on any atom is 0.120 e. The predicted molar refractivity (Wildman–Crippen MR) is 74.9 cm³/mol. The Balaban J connectivity index is 2.42. The first-order valence-corrected chi connectivity index (χ1v) is 6.32. The molecule has 0 atom stereocenters. The Kier molecular flexibility index (Phi) is 3.52. The molecule has 0 spiro atoms. The molecule has 1 fully saturated rings. The van der Waals surface area contributed by atoms with Crippen LogP contribution < -0.4 is 15.4 Å². The number of rotatable bonds is 5. The van der Waals surface area contributed by atoms with E-state index in [1.54, 1.807) is 7.11 Å². The van der Waals surface area contributed by atoms with Gasteiger partial charge in [-0.1, -0.05) is 12.2 Å². The molecule has 2 rings (SSSR count). The van der Waals surface area contributed by atoms with Gasteiger partial charge in [-0.25, -0.2) is 0 Å². The highest BCUT2D eigenvalue weighted by atomic mass is 32.1. The molecule has 0 aromatic heterocycles. The third-order valence-electron chi connectivity index (χ3n) is 3.11. The quantitative estimate of drug-likeness (QED) is 0.814. The van der Waals surface area contributed by atoms with Crippen LogP contribution in [0.15, 0.2) is 18.2 Å². The molecule has 0 saturated heterocycles. The van der Waals surface area contributed by atoms with Crippen LogP contribution in [0.1, 0.15) is 25.3 Å². The van der Waals surface area contributed by atoms with Crippen molar-refractivity contribution in [2.24, 2.45) is 5.73 Å². The van der Waals surface area contributed by atoms with Crippen LogP contribution in [0.25, 0.3) is 0 Å². The normalized spacial score (nSPS) is 14.5. The van der Waals surface area contributed by atoms with Crippen LogP contribution in [-0.4, -0.2) is 24.7 Å². The molecular weight excluding hydrogens is 232 g/mol. The summed E-state index contributed by atoms with van der Waals surface area (Å²) in [5, 5.41) is 0. The maximum atomic E-state index is 5.78. The Bertz CT molecular complexity index is 429. The second-order valence-corrected chi connectivity index (χ2v) is 4.70. The molecule has 0 unspecified atom stereocenters. The lowest BCUT2D eigenvalue weighted by atomic mass is 10.1. The summed E-state index contributed by atoms with van der Waals surface area (Å²) in [6, 6.07) is 6.51. The Hall–Kier alpha value is -1.29. The summed E-state index contributed by atoms with van der Waals surface area (Å²) in [7, 11) is 1.67. The number of nitrogens with zero attached hydrogens (tertiary/aromatic N) is 1. The lowest BCUT2D eigenvalue weighted by molar-refractivity contribution is 0.414. The minimum atomic E-state index is 0.446. The van der Waals surface area contributed by atoms with Crippen molar-refractivity contribution in [3.05, 3.63) is 23.8 Å². The molecule has 1 aromatic rings. The summed E-state index contributed by atoms with van der Waals surface area (Å²) in [4.78, 5) is 2.80. The Labute approximate surface area is 108 Å². The van der Waals surface area contributed by atoms with Gasteiger partial charge in [0.1, 0.15) is 10.7 Å². The van der Waals surface area contributed by atoms with Crippen LogP contribution >= 0.6 is 12.2 Å². The van der Waals surface area contributed by atoms with Crippen LogP contribution in [0.5, 0.6) is 5.75 Å². The first-order valence-electron chi connectivity index (χ1n) is 5.91. The van der Waals surface area contributed by atoms with Crippen LogP contribution in [0.4, 0.5) is 5.69 Å². The molecule has 1 aliphatic carbocycles. The molecule has 0 heterocycles. The second-order valence-electron chi connectivity index (χ2n) is 4.26. The number of methoxy groups -OCH3 is 1. The van der Waals surface area contributed by atoms with Gasteiger partial charge in [0.2, 0.25) is 0 Å². The second kappa shape index (κ2) is 4.92. The highest BCUT2D eigenvalue weighted by molar-refractivity contribution is 7.80. The molecule has 1 saturated carbocycles. The van der Waals surface area contributed by atoms with Gasteiger partial charge in [0.15, 0.2) is 0 Å². The smallest absolute Gasteiger partial charge is 0.120 e. The van der Waals surface area contributed by atoms with Crippen molar-refractivity contribution in [1.29, 1.82) is 0 Å². The lowest BCUT2D eigenvalue weighted by Crippen LogP contribution is -2.28. The maximum absolute atomic E-state index is 5.78.